The topological polar surface area (TPSA) is 21.3 Å². The van der Waals surface area contributed by atoms with E-state index in [1.807, 2.05) is 0 Å². The van der Waals surface area contributed by atoms with Gasteiger partial charge < -0.3 is 10.1 Å². The van der Waals surface area contributed by atoms with Crippen molar-refractivity contribution in [1.29, 1.82) is 0 Å². The minimum absolute atomic E-state index is 0.0514. The second-order valence-corrected chi connectivity index (χ2v) is 5.14. The lowest BCUT2D eigenvalue weighted by Gasteiger charge is -2.23. The van der Waals surface area contributed by atoms with Gasteiger partial charge in [-0.25, -0.2) is 4.39 Å². The monoisotopic (exact) mass is 303 g/mol. The van der Waals surface area contributed by atoms with Crippen molar-refractivity contribution in [3.8, 4) is 5.75 Å². The highest BCUT2D eigenvalue weighted by atomic mass is 79.9. The molecule has 0 saturated carbocycles. The third-order valence-electron chi connectivity index (χ3n) is 2.52. The van der Waals surface area contributed by atoms with E-state index in [1.54, 1.807) is 12.1 Å². The van der Waals surface area contributed by atoms with Crippen LogP contribution in [0.3, 0.4) is 0 Å². The van der Waals surface area contributed by atoms with Crippen LogP contribution in [-0.2, 0) is 0 Å². The van der Waals surface area contributed by atoms with E-state index in [4.69, 9.17) is 4.74 Å². The van der Waals surface area contributed by atoms with E-state index < -0.39 is 0 Å². The molecule has 0 amide bonds. The summed E-state index contributed by atoms with van der Waals surface area (Å²) in [4.78, 5) is 0. The maximum Gasteiger partial charge on any atom is 0.141 e. The van der Waals surface area contributed by atoms with Gasteiger partial charge in [-0.15, -0.1) is 0 Å². The van der Waals surface area contributed by atoms with Gasteiger partial charge in [-0.05, 0) is 40.5 Å². The fraction of sp³-hybridized carbons (Fsp3) is 0.538. The standard InChI is InChI=1S/C13H19BrFNO/c1-4-16-8-13(9(2)3)17-10-5-6-11(14)12(15)7-10/h5-7,9,13,16H,4,8H2,1-3H3. The zero-order chi connectivity index (χ0) is 12.8. The third-order valence-corrected chi connectivity index (χ3v) is 3.16. The number of hydrogen-bond acceptors (Lipinski definition) is 2. The summed E-state index contributed by atoms with van der Waals surface area (Å²) in [6.45, 7) is 7.91. The summed E-state index contributed by atoms with van der Waals surface area (Å²) in [5.74, 6) is 0.650. The van der Waals surface area contributed by atoms with Crippen molar-refractivity contribution in [2.45, 2.75) is 26.9 Å². The maximum atomic E-state index is 13.3. The van der Waals surface area contributed by atoms with E-state index in [0.717, 1.165) is 13.1 Å². The first-order valence-electron chi connectivity index (χ1n) is 5.87. The molecule has 17 heavy (non-hydrogen) atoms. The van der Waals surface area contributed by atoms with Gasteiger partial charge in [0.05, 0.1) is 4.47 Å². The number of hydrogen-bond donors (Lipinski definition) is 1. The second kappa shape index (κ2) is 6.97. The van der Waals surface area contributed by atoms with Gasteiger partial charge in [-0.2, -0.15) is 0 Å². The zero-order valence-corrected chi connectivity index (χ0v) is 12.1. The van der Waals surface area contributed by atoms with Gasteiger partial charge in [0, 0.05) is 12.6 Å². The molecule has 1 unspecified atom stereocenters. The summed E-state index contributed by atoms with van der Waals surface area (Å²) in [6, 6.07) is 4.84. The Bertz CT molecular complexity index is 357. The number of benzene rings is 1. The molecule has 1 aromatic carbocycles. The first kappa shape index (κ1) is 14.5. The molecular weight excluding hydrogens is 285 g/mol. The van der Waals surface area contributed by atoms with Gasteiger partial charge >= 0.3 is 0 Å². The predicted molar refractivity (Wildman–Crippen MR) is 71.9 cm³/mol. The van der Waals surface area contributed by atoms with Crippen LogP contribution < -0.4 is 10.1 Å². The Balaban J connectivity index is 2.68. The van der Waals surface area contributed by atoms with Crippen molar-refractivity contribution in [3.63, 3.8) is 0 Å². The van der Waals surface area contributed by atoms with Crippen LogP contribution in [0.5, 0.6) is 5.75 Å². The lowest BCUT2D eigenvalue weighted by atomic mass is 10.1. The van der Waals surface area contributed by atoms with E-state index in [0.29, 0.717) is 16.1 Å². The first-order valence-corrected chi connectivity index (χ1v) is 6.66. The lowest BCUT2D eigenvalue weighted by Crippen LogP contribution is -2.35. The Morgan fingerprint density at radius 2 is 2.12 bits per heavy atom. The number of likely N-dealkylation sites (N-methyl/N-ethyl adjacent to an activating group) is 1. The largest absolute Gasteiger partial charge is 0.489 e. The first-order chi connectivity index (χ1) is 8.04. The van der Waals surface area contributed by atoms with Gasteiger partial charge in [0.25, 0.3) is 0 Å². The lowest BCUT2D eigenvalue weighted by molar-refractivity contribution is 0.149. The number of nitrogens with one attached hydrogen (secondary N) is 1. The molecule has 1 rings (SSSR count). The molecule has 1 atom stereocenters. The third kappa shape index (κ3) is 4.64. The molecule has 0 saturated heterocycles. The smallest absolute Gasteiger partial charge is 0.141 e. The number of halogens is 2. The average Bonchev–Trinajstić information content (AvgIpc) is 2.28. The average molecular weight is 304 g/mol. The minimum atomic E-state index is -0.298. The molecule has 0 fully saturated rings. The van der Waals surface area contributed by atoms with E-state index in [1.165, 1.54) is 6.07 Å². The van der Waals surface area contributed by atoms with Crippen molar-refractivity contribution < 1.29 is 9.13 Å². The molecule has 2 nitrogen and oxygen atoms in total. The molecule has 0 radical (unpaired) electrons. The summed E-state index contributed by atoms with van der Waals surface area (Å²) in [5, 5.41) is 3.25. The van der Waals surface area contributed by atoms with E-state index in [2.05, 4.69) is 42.0 Å². The Hall–Kier alpha value is -0.610. The van der Waals surface area contributed by atoms with Crippen LogP contribution in [0.4, 0.5) is 4.39 Å². The van der Waals surface area contributed by atoms with Crippen molar-refractivity contribution >= 4 is 15.9 Å². The number of rotatable bonds is 6. The molecule has 0 aliphatic rings. The SMILES string of the molecule is CCNCC(Oc1ccc(Br)c(F)c1)C(C)C. The van der Waals surface area contributed by atoms with Crippen LogP contribution in [0.1, 0.15) is 20.8 Å². The Morgan fingerprint density at radius 3 is 2.65 bits per heavy atom. The van der Waals surface area contributed by atoms with Gasteiger partial charge in [-0.1, -0.05) is 20.8 Å². The summed E-state index contributed by atoms with van der Waals surface area (Å²) >= 11 is 3.12. The summed E-state index contributed by atoms with van der Waals surface area (Å²) < 4.78 is 19.6. The zero-order valence-electron chi connectivity index (χ0n) is 10.5. The van der Waals surface area contributed by atoms with Crippen LogP contribution >= 0.6 is 15.9 Å². The van der Waals surface area contributed by atoms with Crippen LogP contribution in [0, 0.1) is 11.7 Å². The highest BCUT2D eigenvalue weighted by molar-refractivity contribution is 9.10. The Morgan fingerprint density at radius 1 is 1.41 bits per heavy atom. The molecule has 0 bridgehead atoms. The van der Waals surface area contributed by atoms with Gasteiger partial charge in [0.15, 0.2) is 0 Å². The number of ether oxygens (including phenoxy) is 1. The van der Waals surface area contributed by atoms with Crippen LogP contribution in [-0.4, -0.2) is 19.2 Å². The fourth-order valence-corrected chi connectivity index (χ4v) is 1.67. The second-order valence-electron chi connectivity index (χ2n) is 4.28. The van der Waals surface area contributed by atoms with Crippen LogP contribution in [0.2, 0.25) is 0 Å². The maximum absolute atomic E-state index is 13.3. The van der Waals surface area contributed by atoms with Gasteiger partial charge in [0.2, 0.25) is 0 Å². The molecule has 0 spiro atoms. The molecule has 1 N–H and O–H groups in total. The van der Waals surface area contributed by atoms with Gasteiger partial charge in [0.1, 0.15) is 17.7 Å². The predicted octanol–water partition coefficient (Wildman–Crippen LogP) is 3.60. The minimum Gasteiger partial charge on any atom is -0.489 e. The van der Waals surface area contributed by atoms with Gasteiger partial charge in [-0.3, -0.25) is 0 Å². The summed E-state index contributed by atoms with van der Waals surface area (Å²) in [5.41, 5.74) is 0. The molecular formula is C13H19BrFNO. The van der Waals surface area contributed by atoms with Crippen molar-refractivity contribution in [2.75, 3.05) is 13.1 Å². The quantitative estimate of drug-likeness (QED) is 0.867. The summed E-state index contributed by atoms with van der Waals surface area (Å²) in [7, 11) is 0. The Labute approximate surface area is 111 Å². The summed E-state index contributed by atoms with van der Waals surface area (Å²) in [6.07, 6.45) is 0.0514. The molecule has 0 aliphatic carbocycles. The van der Waals surface area contributed by atoms with Crippen LogP contribution in [0.25, 0.3) is 0 Å². The van der Waals surface area contributed by atoms with E-state index >= 15 is 0 Å². The van der Waals surface area contributed by atoms with Crippen molar-refractivity contribution in [1.82, 2.24) is 5.32 Å². The van der Waals surface area contributed by atoms with Crippen LogP contribution in [0.15, 0.2) is 22.7 Å². The highest BCUT2D eigenvalue weighted by Crippen LogP contribution is 2.22. The fourth-order valence-electron chi connectivity index (χ4n) is 1.43. The van der Waals surface area contributed by atoms with E-state index in [-0.39, 0.29) is 11.9 Å². The molecule has 1 aromatic rings. The van der Waals surface area contributed by atoms with Crippen molar-refractivity contribution in [3.05, 3.63) is 28.5 Å². The Kier molecular flexibility index (Phi) is 5.92. The molecule has 4 heteroatoms. The molecule has 0 aliphatic heterocycles. The molecule has 0 heterocycles. The normalized spacial score (nSPS) is 12.8. The molecule has 96 valence electrons. The van der Waals surface area contributed by atoms with Crippen molar-refractivity contribution in [2.24, 2.45) is 5.92 Å². The molecule has 0 aromatic heterocycles. The highest BCUT2D eigenvalue weighted by Gasteiger charge is 2.15. The van der Waals surface area contributed by atoms with E-state index in [9.17, 15) is 4.39 Å².